The Bertz CT molecular complexity index is 833. The molecule has 7 nitrogen and oxygen atoms in total. The van der Waals surface area contributed by atoms with Gasteiger partial charge in [0.15, 0.2) is 0 Å². The summed E-state index contributed by atoms with van der Waals surface area (Å²) in [4.78, 5) is 12.1. The number of carbonyl (C=O) groups excluding carboxylic acids is 1. The maximum Gasteiger partial charge on any atom is 0.324 e. The van der Waals surface area contributed by atoms with E-state index in [9.17, 15) is 13.2 Å². The molecule has 2 aromatic rings. The van der Waals surface area contributed by atoms with E-state index in [1.807, 2.05) is 30.3 Å². The fourth-order valence-electron chi connectivity index (χ4n) is 2.97. The van der Waals surface area contributed by atoms with Crippen molar-refractivity contribution in [3.8, 4) is 0 Å². The van der Waals surface area contributed by atoms with Gasteiger partial charge < -0.3 is 4.74 Å². The average molecular weight is 363 g/mol. The van der Waals surface area contributed by atoms with Crippen molar-refractivity contribution in [1.29, 1.82) is 0 Å². The largest absolute Gasteiger partial charge is 0.465 e. The van der Waals surface area contributed by atoms with Crippen LogP contribution in [0, 0.1) is 0 Å². The summed E-state index contributed by atoms with van der Waals surface area (Å²) in [5.74, 6) is -0.486. The predicted octanol–water partition coefficient (Wildman–Crippen LogP) is 1.65. The average Bonchev–Trinajstić information content (AvgIpc) is 3.26. The van der Waals surface area contributed by atoms with E-state index in [2.05, 4.69) is 5.10 Å². The lowest BCUT2D eigenvalue weighted by atomic mass is 10.2. The Morgan fingerprint density at radius 1 is 1.32 bits per heavy atom. The Kier molecular flexibility index (Phi) is 5.19. The zero-order valence-corrected chi connectivity index (χ0v) is 14.9. The first-order valence-corrected chi connectivity index (χ1v) is 9.71. The Morgan fingerprint density at radius 2 is 2.08 bits per heavy atom. The molecule has 0 radical (unpaired) electrons. The second-order valence-electron chi connectivity index (χ2n) is 5.89. The van der Waals surface area contributed by atoms with Crippen LogP contribution >= 0.6 is 0 Å². The van der Waals surface area contributed by atoms with Crippen LogP contribution in [0.25, 0.3) is 0 Å². The smallest absolute Gasteiger partial charge is 0.324 e. The van der Waals surface area contributed by atoms with E-state index in [1.54, 1.807) is 11.6 Å². The van der Waals surface area contributed by atoms with Crippen LogP contribution in [0.4, 0.5) is 0 Å². The number of rotatable bonds is 6. The highest BCUT2D eigenvalue weighted by Gasteiger charge is 2.40. The topological polar surface area (TPSA) is 81.5 Å². The van der Waals surface area contributed by atoms with Gasteiger partial charge in [0.05, 0.1) is 19.3 Å². The van der Waals surface area contributed by atoms with Crippen LogP contribution in [0.3, 0.4) is 0 Å². The lowest BCUT2D eigenvalue weighted by molar-refractivity contribution is -0.146. The third-order valence-electron chi connectivity index (χ3n) is 4.17. The van der Waals surface area contributed by atoms with Gasteiger partial charge in [-0.3, -0.25) is 9.48 Å². The summed E-state index contributed by atoms with van der Waals surface area (Å²) in [5, 5.41) is 4.15. The highest BCUT2D eigenvalue weighted by molar-refractivity contribution is 7.89. The summed E-state index contributed by atoms with van der Waals surface area (Å²) in [6.45, 7) is 2.74. The van der Waals surface area contributed by atoms with Crippen LogP contribution in [-0.4, -0.2) is 47.7 Å². The fourth-order valence-corrected chi connectivity index (χ4v) is 4.57. The summed E-state index contributed by atoms with van der Waals surface area (Å²) in [7, 11) is -3.77. The minimum atomic E-state index is -3.77. The lowest BCUT2D eigenvalue weighted by Gasteiger charge is -2.21. The van der Waals surface area contributed by atoms with Crippen LogP contribution in [0.2, 0.25) is 0 Å². The van der Waals surface area contributed by atoms with Crippen LogP contribution in [-0.2, 0) is 26.1 Å². The second-order valence-corrected chi connectivity index (χ2v) is 7.78. The summed E-state index contributed by atoms with van der Waals surface area (Å²) in [6, 6.07) is 8.92. The molecule has 134 valence electrons. The highest BCUT2D eigenvalue weighted by atomic mass is 32.2. The molecular weight excluding hydrogens is 342 g/mol. The SMILES string of the molecule is CCOC(=O)[C@@H]1CCCN1S(=O)(=O)c1cnn(Cc2ccccc2)c1. The molecule has 1 saturated heterocycles. The number of sulfonamides is 1. The first-order valence-electron chi connectivity index (χ1n) is 8.27. The van der Waals surface area contributed by atoms with E-state index < -0.39 is 22.0 Å². The second kappa shape index (κ2) is 7.37. The van der Waals surface area contributed by atoms with Crippen molar-refractivity contribution in [3.63, 3.8) is 0 Å². The highest BCUT2D eigenvalue weighted by Crippen LogP contribution is 2.26. The number of ether oxygens (including phenoxy) is 1. The minimum absolute atomic E-state index is 0.0969. The van der Waals surface area contributed by atoms with Gasteiger partial charge in [0.1, 0.15) is 10.9 Å². The molecule has 0 amide bonds. The monoisotopic (exact) mass is 363 g/mol. The first kappa shape index (κ1) is 17.6. The van der Waals surface area contributed by atoms with Crippen molar-refractivity contribution >= 4 is 16.0 Å². The zero-order chi connectivity index (χ0) is 17.9. The number of nitrogens with zero attached hydrogens (tertiary/aromatic N) is 3. The van der Waals surface area contributed by atoms with Crippen molar-refractivity contribution in [2.24, 2.45) is 0 Å². The van der Waals surface area contributed by atoms with Gasteiger partial charge in [0.2, 0.25) is 10.0 Å². The molecule has 25 heavy (non-hydrogen) atoms. The molecule has 1 aromatic carbocycles. The molecule has 3 rings (SSSR count). The van der Waals surface area contributed by atoms with Crippen LogP contribution < -0.4 is 0 Å². The molecule has 1 aromatic heterocycles. The third-order valence-corrected chi connectivity index (χ3v) is 6.03. The van der Waals surface area contributed by atoms with Crippen molar-refractivity contribution in [2.75, 3.05) is 13.2 Å². The van der Waals surface area contributed by atoms with E-state index >= 15 is 0 Å². The summed E-state index contributed by atoms with van der Waals surface area (Å²) in [5.41, 5.74) is 1.03. The van der Waals surface area contributed by atoms with Gasteiger partial charge in [-0.25, -0.2) is 8.42 Å². The van der Waals surface area contributed by atoms with Gasteiger partial charge in [-0.15, -0.1) is 0 Å². The Labute approximate surface area is 147 Å². The Morgan fingerprint density at radius 3 is 2.80 bits per heavy atom. The third kappa shape index (κ3) is 3.74. The van der Waals surface area contributed by atoms with Gasteiger partial charge in [0, 0.05) is 12.7 Å². The molecule has 0 unspecified atom stereocenters. The number of esters is 1. The normalized spacial score (nSPS) is 18.4. The quantitative estimate of drug-likeness (QED) is 0.729. The molecule has 1 fully saturated rings. The van der Waals surface area contributed by atoms with Crippen molar-refractivity contribution in [1.82, 2.24) is 14.1 Å². The molecule has 0 bridgehead atoms. The molecule has 1 aliphatic heterocycles. The van der Waals surface area contributed by atoms with Crippen molar-refractivity contribution in [3.05, 3.63) is 48.3 Å². The first-order chi connectivity index (χ1) is 12.0. The molecule has 1 atom stereocenters. The van der Waals surface area contributed by atoms with E-state index in [1.165, 1.54) is 16.7 Å². The van der Waals surface area contributed by atoms with E-state index in [-0.39, 0.29) is 11.5 Å². The van der Waals surface area contributed by atoms with Gasteiger partial charge in [-0.05, 0) is 25.3 Å². The molecule has 0 N–H and O–H groups in total. The minimum Gasteiger partial charge on any atom is -0.465 e. The van der Waals surface area contributed by atoms with E-state index in [0.29, 0.717) is 25.9 Å². The fraction of sp³-hybridized carbons (Fsp3) is 0.412. The molecule has 0 aliphatic carbocycles. The molecular formula is C17H21N3O4S. The standard InChI is InChI=1S/C17H21N3O4S/c1-2-24-17(21)16-9-6-10-20(16)25(22,23)15-11-18-19(13-15)12-14-7-4-3-5-8-14/h3-5,7-8,11,13,16H,2,6,9-10,12H2,1H3/t16-/m0/s1. The van der Waals surface area contributed by atoms with Gasteiger partial charge in [0.25, 0.3) is 0 Å². The summed E-state index contributed by atoms with van der Waals surface area (Å²) >= 11 is 0. The molecule has 0 saturated carbocycles. The molecule has 1 aliphatic rings. The number of aromatic nitrogens is 2. The Balaban J connectivity index is 1.79. The van der Waals surface area contributed by atoms with Crippen molar-refractivity contribution < 1.29 is 17.9 Å². The van der Waals surface area contributed by atoms with Gasteiger partial charge >= 0.3 is 5.97 Å². The maximum absolute atomic E-state index is 12.9. The number of hydrogen-bond acceptors (Lipinski definition) is 5. The molecule has 8 heteroatoms. The van der Waals surface area contributed by atoms with Crippen LogP contribution in [0.5, 0.6) is 0 Å². The zero-order valence-electron chi connectivity index (χ0n) is 14.0. The van der Waals surface area contributed by atoms with Gasteiger partial charge in [-0.2, -0.15) is 9.40 Å². The molecule has 0 spiro atoms. The predicted molar refractivity (Wildman–Crippen MR) is 91.3 cm³/mol. The van der Waals surface area contributed by atoms with E-state index in [0.717, 1.165) is 5.56 Å². The van der Waals surface area contributed by atoms with Crippen molar-refractivity contribution in [2.45, 2.75) is 37.2 Å². The van der Waals surface area contributed by atoms with E-state index in [4.69, 9.17) is 4.74 Å². The lowest BCUT2D eigenvalue weighted by Crippen LogP contribution is -2.41. The Hall–Kier alpha value is -2.19. The van der Waals surface area contributed by atoms with Gasteiger partial charge in [-0.1, -0.05) is 30.3 Å². The molecule has 2 heterocycles. The van der Waals surface area contributed by atoms with Crippen LogP contribution in [0.1, 0.15) is 25.3 Å². The number of hydrogen-bond donors (Lipinski definition) is 0. The summed E-state index contributed by atoms with van der Waals surface area (Å²) < 4.78 is 33.6. The number of benzene rings is 1. The summed E-state index contributed by atoms with van der Waals surface area (Å²) in [6.07, 6.45) is 3.96. The number of carbonyl (C=O) groups is 1. The maximum atomic E-state index is 12.9. The van der Waals surface area contributed by atoms with Crippen LogP contribution in [0.15, 0.2) is 47.6 Å².